The number of hydrogen-bond donors (Lipinski definition) is 3. The van der Waals surface area contributed by atoms with E-state index in [0.717, 1.165) is 44.3 Å². The second kappa shape index (κ2) is 10.00. The van der Waals surface area contributed by atoms with E-state index in [-0.39, 0.29) is 17.9 Å². The number of amides is 2. The monoisotopic (exact) mass is 480 g/mol. The molecule has 0 spiro atoms. The lowest BCUT2D eigenvalue weighted by Gasteiger charge is -2.09. The summed E-state index contributed by atoms with van der Waals surface area (Å²) in [6.07, 6.45) is 1.47. The van der Waals surface area contributed by atoms with E-state index in [1.54, 1.807) is 0 Å². The number of fused-ring (bicyclic) bond motifs is 2. The molecule has 0 bridgehead atoms. The van der Waals surface area contributed by atoms with Gasteiger partial charge in [0.25, 0.3) is 5.91 Å². The van der Waals surface area contributed by atoms with Crippen LogP contribution in [0.3, 0.4) is 0 Å². The van der Waals surface area contributed by atoms with Crippen molar-refractivity contribution in [3.63, 3.8) is 0 Å². The van der Waals surface area contributed by atoms with Crippen LogP contribution in [0.5, 0.6) is 0 Å². The van der Waals surface area contributed by atoms with Crippen LogP contribution in [0.4, 0.5) is 4.39 Å². The molecule has 0 fully saturated rings. The van der Waals surface area contributed by atoms with Crippen LogP contribution < -0.4 is 10.9 Å². The summed E-state index contributed by atoms with van der Waals surface area (Å²) in [5.41, 5.74) is 11.1. The third kappa shape index (κ3) is 4.95. The fourth-order valence-corrected chi connectivity index (χ4v) is 4.33. The van der Waals surface area contributed by atoms with Crippen molar-refractivity contribution in [3.8, 4) is 11.4 Å². The lowest BCUT2D eigenvalue weighted by atomic mass is 10.0. The first-order valence-electron chi connectivity index (χ1n) is 11.8. The van der Waals surface area contributed by atoms with Crippen LogP contribution in [-0.4, -0.2) is 21.8 Å². The highest BCUT2D eigenvalue weighted by molar-refractivity contribution is 5.95. The van der Waals surface area contributed by atoms with Gasteiger partial charge in [-0.3, -0.25) is 20.4 Å². The normalized spacial score (nSPS) is 11.1. The lowest BCUT2D eigenvalue weighted by Crippen LogP contribution is -2.41. The highest BCUT2D eigenvalue weighted by Crippen LogP contribution is 2.32. The molecular weight excluding hydrogens is 455 g/mol. The van der Waals surface area contributed by atoms with E-state index in [2.05, 4.69) is 47.0 Å². The number of rotatable bonds is 6. The highest BCUT2D eigenvalue weighted by Gasteiger charge is 2.16. The first-order chi connectivity index (χ1) is 17.5. The zero-order chi connectivity index (χ0) is 25.1. The number of aromatic amines is 1. The van der Waals surface area contributed by atoms with Gasteiger partial charge in [-0.05, 0) is 73.9 Å². The fraction of sp³-hybridized carbons (Fsp3) is 0.138. The zero-order valence-corrected chi connectivity index (χ0v) is 19.8. The number of halogens is 1. The summed E-state index contributed by atoms with van der Waals surface area (Å²) >= 11 is 0. The molecule has 0 aliphatic carbocycles. The van der Waals surface area contributed by atoms with E-state index < -0.39 is 11.7 Å². The van der Waals surface area contributed by atoms with Gasteiger partial charge in [0, 0.05) is 28.3 Å². The number of carbonyl (C=O) groups is 2. The molecule has 0 aliphatic heterocycles. The molecule has 180 valence electrons. The molecule has 0 atom stereocenters. The molecule has 3 N–H and O–H groups in total. The number of nitrogens with zero attached hydrogens (tertiary/aromatic N) is 1. The van der Waals surface area contributed by atoms with Crippen molar-refractivity contribution in [2.75, 3.05) is 0 Å². The first-order valence-corrected chi connectivity index (χ1v) is 11.8. The molecule has 2 amide bonds. The fourth-order valence-electron chi connectivity index (χ4n) is 4.33. The lowest BCUT2D eigenvalue weighted by molar-refractivity contribution is -0.121. The summed E-state index contributed by atoms with van der Waals surface area (Å²) in [6, 6.07) is 23.5. The minimum absolute atomic E-state index is 0.229. The van der Waals surface area contributed by atoms with Crippen molar-refractivity contribution in [3.05, 3.63) is 101 Å². The number of nitrogens with one attached hydrogen (secondary N) is 3. The summed E-state index contributed by atoms with van der Waals surface area (Å²) in [6.45, 7) is 2.06. The smallest absolute Gasteiger partial charge is 0.269 e. The number of pyridine rings is 1. The number of benzene rings is 3. The van der Waals surface area contributed by atoms with Crippen molar-refractivity contribution < 1.29 is 14.0 Å². The van der Waals surface area contributed by atoms with Crippen LogP contribution in [0, 0.1) is 12.7 Å². The summed E-state index contributed by atoms with van der Waals surface area (Å²) in [5, 5.41) is 2.19. The highest BCUT2D eigenvalue weighted by atomic mass is 19.1. The summed E-state index contributed by atoms with van der Waals surface area (Å²) in [7, 11) is 0. The maximum Gasteiger partial charge on any atom is 0.269 e. The van der Waals surface area contributed by atoms with Crippen molar-refractivity contribution >= 4 is 33.6 Å². The average Bonchev–Trinajstić information content (AvgIpc) is 3.25. The molecule has 0 aliphatic rings. The van der Waals surface area contributed by atoms with Crippen LogP contribution >= 0.6 is 0 Å². The first kappa shape index (κ1) is 23.2. The van der Waals surface area contributed by atoms with Crippen molar-refractivity contribution in [2.45, 2.75) is 26.2 Å². The van der Waals surface area contributed by atoms with Gasteiger partial charge in [-0.2, -0.15) is 0 Å². The van der Waals surface area contributed by atoms with Crippen LogP contribution in [0.1, 0.15) is 34.3 Å². The summed E-state index contributed by atoms with van der Waals surface area (Å²) in [5.74, 6) is -1.23. The largest absolute Gasteiger partial charge is 0.353 e. The molecule has 6 nitrogen and oxygen atoms in total. The molecule has 2 heterocycles. The van der Waals surface area contributed by atoms with Crippen LogP contribution in [0.2, 0.25) is 0 Å². The maximum absolute atomic E-state index is 13.0. The topological polar surface area (TPSA) is 86.9 Å². The van der Waals surface area contributed by atoms with Crippen molar-refractivity contribution in [1.82, 2.24) is 20.8 Å². The Morgan fingerprint density at radius 1 is 0.944 bits per heavy atom. The molecule has 0 radical (unpaired) electrons. The molecule has 0 saturated heterocycles. The number of carbonyl (C=O) groups excluding carboxylic acids is 2. The summed E-state index contributed by atoms with van der Waals surface area (Å²) in [4.78, 5) is 32.9. The number of H-pyrrole nitrogens is 1. The Kier molecular flexibility index (Phi) is 6.45. The second-order valence-electron chi connectivity index (χ2n) is 8.78. The van der Waals surface area contributed by atoms with Gasteiger partial charge in [0.15, 0.2) is 0 Å². The van der Waals surface area contributed by atoms with Crippen LogP contribution in [-0.2, 0) is 11.2 Å². The molecule has 36 heavy (non-hydrogen) atoms. The summed E-state index contributed by atoms with van der Waals surface area (Å²) < 4.78 is 13.0. The number of hydrogen-bond acceptors (Lipinski definition) is 3. The number of aryl methyl sites for hydroxylation is 2. The van der Waals surface area contributed by atoms with Gasteiger partial charge in [-0.25, -0.2) is 9.37 Å². The Labute approximate surface area is 207 Å². The number of para-hydroxylation sites is 1. The molecule has 3 aromatic carbocycles. The van der Waals surface area contributed by atoms with E-state index in [1.807, 2.05) is 30.3 Å². The Morgan fingerprint density at radius 3 is 2.58 bits per heavy atom. The Morgan fingerprint density at radius 2 is 1.75 bits per heavy atom. The van der Waals surface area contributed by atoms with Crippen molar-refractivity contribution in [1.29, 1.82) is 0 Å². The van der Waals surface area contributed by atoms with Gasteiger partial charge in [0.1, 0.15) is 5.82 Å². The standard InChI is InChI=1S/C29H25FN4O2/c1-18-9-15-25-23(17-18)22(28(32-25)26-16-12-19-5-2-3-7-24(19)31-26)6-4-8-27(35)33-34-29(36)20-10-13-21(30)14-11-20/h2-3,5,7,9-17,32H,4,6,8H2,1H3,(H,33,35)(H,34,36). The van der Waals surface area contributed by atoms with Gasteiger partial charge in [0.2, 0.25) is 5.91 Å². The molecule has 5 aromatic rings. The van der Waals surface area contributed by atoms with Gasteiger partial charge >= 0.3 is 0 Å². The molecule has 2 aromatic heterocycles. The Balaban J connectivity index is 1.30. The second-order valence-corrected chi connectivity index (χ2v) is 8.78. The zero-order valence-electron chi connectivity index (χ0n) is 19.8. The third-order valence-electron chi connectivity index (χ3n) is 6.17. The molecule has 0 unspecified atom stereocenters. The van der Waals surface area contributed by atoms with Crippen LogP contribution in [0.15, 0.2) is 78.9 Å². The third-order valence-corrected chi connectivity index (χ3v) is 6.17. The Bertz CT molecular complexity index is 1570. The molecule has 5 rings (SSSR count). The maximum atomic E-state index is 13.0. The number of aromatic nitrogens is 2. The van der Waals surface area contributed by atoms with E-state index in [9.17, 15) is 14.0 Å². The number of hydrazine groups is 1. The molecule has 0 saturated carbocycles. The predicted molar refractivity (Wildman–Crippen MR) is 139 cm³/mol. The van der Waals surface area contributed by atoms with E-state index >= 15 is 0 Å². The van der Waals surface area contributed by atoms with Gasteiger partial charge in [-0.15, -0.1) is 0 Å². The van der Waals surface area contributed by atoms with E-state index in [0.29, 0.717) is 12.8 Å². The molecule has 7 heteroatoms. The molecular formula is C29H25FN4O2. The minimum atomic E-state index is -0.500. The SMILES string of the molecule is Cc1ccc2[nH]c(-c3ccc4ccccc4n3)c(CCCC(=O)NNC(=O)c3ccc(F)cc3)c2c1. The van der Waals surface area contributed by atoms with Gasteiger partial charge < -0.3 is 4.98 Å². The Hall–Kier alpha value is -4.52. The average molecular weight is 481 g/mol. The van der Waals surface area contributed by atoms with Crippen molar-refractivity contribution in [2.24, 2.45) is 0 Å². The van der Waals surface area contributed by atoms with E-state index in [1.165, 1.54) is 24.3 Å². The minimum Gasteiger partial charge on any atom is -0.353 e. The quantitative estimate of drug-likeness (QED) is 0.276. The predicted octanol–water partition coefficient (Wildman–Crippen LogP) is 5.61. The van der Waals surface area contributed by atoms with Gasteiger partial charge in [0.05, 0.1) is 16.9 Å². The van der Waals surface area contributed by atoms with Crippen LogP contribution in [0.25, 0.3) is 33.2 Å². The van der Waals surface area contributed by atoms with E-state index in [4.69, 9.17) is 4.98 Å². The van der Waals surface area contributed by atoms with Gasteiger partial charge in [-0.1, -0.05) is 35.9 Å².